The van der Waals surface area contributed by atoms with Crippen molar-refractivity contribution >= 4 is 11.9 Å². The minimum atomic E-state index is -0.981. The molecule has 5 heteroatoms. The van der Waals surface area contributed by atoms with Crippen LogP contribution in [0.4, 0.5) is 0 Å². The molecule has 1 aromatic rings. The third kappa shape index (κ3) is 7.69. The number of nitrogens with two attached hydrogens (primary N) is 1. The largest absolute Gasteiger partial charge is 0.478 e. The van der Waals surface area contributed by atoms with E-state index in [4.69, 9.17) is 15.6 Å². The van der Waals surface area contributed by atoms with Crippen LogP contribution in [0.3, 0.4) is 0 Å². The van der Waals surface area contributed by atoms with Crippen molar-refractivity contribution < 1.29 is 19.4 Å². The highest BCUT2D eigenvalue weighted by Gasteiger charge is 2.59. The van der Waals surface area contributed by atoms with Gasteiger partial charge in [-0.1, -0.05) is 102 Å². The van der Waals surface area contributed by atoms with Gasteiger partial charge < -0.3 is 15.6 Å². The third-order valence-corrected chi connectivity index (χ3v) is 12.3. The van der Waals surface area contributed by atoms with Gasteiger partial charge >= 0.3 is 11.9 Å². The number of carboxylic acid groups (broad SMARTS) is 1. The number of hydrogen-bond donors (Lipinski definition) is 2. The second-order valence-corrected chi connectivity index (χ2v) is 15.4. The van der Waals surface area contributed by atoms with Crippen LogP contribution in [0.5, 0.6) is 0 Å². The molecule has 0 aliphatic heterocycles. The minimum absolute atomic E-state index is 0.0217. The molecule has 0 radical (unpaired) electrons. The average Bonchev–Trinajstić information content (AvgIpc) is 3.35. The van der Waals surface area contributed by atoms with Crippen LogP contribution in [-0.2, 0) is 20.7 Å². The summed E-state index contributed by atoms with van der Waals surface area (Å²) in [6.07, 6.45) is 18.1. The van der Waals surface area contributed by atoms with Crippen LogP contribution in [0.2, 0.25) is 0 Å². The topological polar surface area (TPSA) is 89.6 Å². The Kier molecular flexibility index (Phi) is 11.6. The van der Waals surface area contributed by atoms with Crippen molar-refractivity contribution in [1.82, 2.24) is 0 Å². The van der Waals surface area contributed by atoms with Gasteiger partial charge in [0.05, 0.1) is 0 Å². The second-order valence-electron chi connectivity index (χ2n) is 15.4. The Labute approximate surface area is 267 Å². The molecule has 0 bridgehead atoms. The van der Waals surface area contributed by atoms with E-state index in [1.165, 1.54) is 51.4 Å². The van der Waals surface area contributed by atoms with Gasteiger partial charge in [-0.2, -0.15) is 0 Å². The fraction of sp³-hybridized carbons (Fsp3) is 0.692. The zero-order valence-corrected chi connectivity index (χ0v) is 28.1. The Bertz CT molecular complexity index is 1160. The Morgan fingerprint density at radius 1 is 1.05 bits per heavy atom. The number of carbonyl (C=O) groups excluding carboxylic acids is 1. The number of fused-ring (bicyclic) bond motifs is 5. The van der Waals surface area contributed by atoms with Gasteiger partial charge in [0.1, 0.15) is 12.1 Å². The van der Waals surface area contributed by atoms with E-state index in [1.54, 1.807) is 5.57 Å². The zero-order valence-electron chi connectivity index (χ0n) is 28.1. The molecule has 3 saturated carbocycles. The molecule has 44 heavy (non-hydrogen) atoms. The quantitative estimate of drug-likeness (QED) is 0.158. The van der Waals surface area contributed by atoms with Crippen LogP contribution in [0, 0.1) is 46.3 Å². The first-order chi connectivity index (χ1) is 20.9. The molecular formula is C39H59NO4. The van der Waals surface area contributed by atoms with E-state index in [2.05, 4.69) is 47.3 Å². The highest BCUT2D eigenvalue weighted by molar-refractivity contribution is 5.78. The van der Waals surface area contributed by atoms with E-state index < -0.39 is 12.0 Å². The molecule has 5 nitrogen and oxygen atoms in total. The summed E-state index contributed by atoms with van der Waals surface area (Å²) in [7, 11) is 0. The lowest BCUT2D eigenvalue weighted by atomic mass is 9.47. The Balaban J connectivity index is 0.000000818. The summed E-state index contributed by atoms with van der Waals surface area (Å²) in [5, 5.41) is 7.60. The summed E-state index contributed by atoms with van der Waals surface area (Å²) in [6, 6.07) is 9.43. The maximum atomic E-state index is 12.9. The van der Waals surface area contributed by atoms with Gasteiger partial charge in [-0.25, -0.2) is 4.79 Å². The molecule has 5 rings (SSSR count). The van der Waals surface area contributed by atoms with Crippen molar-refractivity contribution in [3.63, 3.8) is 0 Å². The highest BCUT2D eigenvalue weighted by Crippen LogP contribution is 2.67. The summed E-state index contributed by atoms with van der Waals surface area (Å²) in [5.41, 5.74) is 9.72. The predicted molar refractivity (Wildman–Crippen MR) is 179 cm³/mol. The Morgan fingerprint density at radius 2 is 1.75 bits per heavy atom. The molecule has 0 spiro atoms. The number of esters is 1. The lowest BCUT2D eigenvalue weighted by molar-refractivity contribution is -0.153. The molecule has 3 fully saturated rings. The van der Waals surface area contributed by atoms with Crippen LogP contribution in [0.15, 0.2) is 54.6 Å². The van der Waals surface area contributed by atoms with Gasteiger partial charge in [-0.05, 0) is 103 Å². The standard InChI is InChI=1S/C36H55NO2.C3H4O2/c1-24(2)10-9-11-25(3)30-16-17-31-29-15-14-27-23-28(18-20-35(27,4)32(29)19-21-36(30,31)5)39-34(38)33(37)22-26-12-7-6-8-13-26;1-2-3(4)5/h6-8,12-14,24-25,28-33H,9-11,15-23,37H2,1-5H3;2H,1H2,(H,4,5)/t25-,28+,29+,30-,31+,32+,33+,35+,36-;/m1./s1. The van der Waals surface area contributed by atoms with Crippen molar-refractivity contribution in [2.75, 3.05) is 0 Å². The minimum Gasteiger partial charge on any atom is -0.478 e. The summed E-state index contributed by atoms with van der Waals surface area (Å²) >= 11 is 0. The molecular weight excluding hydrogens is 546 g/mol. The fourth-order valence-electron chi connectivity index (χ4n) is 9.96. The van der Waals surface area contributed by atoms with E-state index in [0.717, 1.165) is 66.4 Å². The lowest BCUT2D eigenvalue weighted by Crippen LogP contribution is -2.51. The molecule has 0 aromatic heterocycles. The molecule has 0 unspecified atom stereocenters. The Morgan fingerprint density at radius 3 is 2.41 bits per heavy atom. The van der Waals surface area contributed by atoms with Crippen molar-refractivity contribution in [2.24, 2.45) is 52.1 Å². The summed E-state index contributed by atoms with van der Waals surface area (Å²) in [6.45, 7) is 15.5. The maximum absolute atomic E-state index is 12.9. The highest BCUT2D eigenvalue weighted by atomic mass is 16.5. The fourth-order valence-corrected chi connectivity index (χ4v) is 9.96. The number of benzene rings is 1. The number of ether oxygens (including phenoxy) is 1. The van der Waals surface area contributed by atoms with E-state index in [-0.39, 0.29) is 17.5 Å². The maximum Gasteiger partial charge on any atom is 0.327 e. The van der Waals surface area contributed by atoms with Crippen molar-refractivity contribution in [3.05, 3.63) is 60.2 Å². The molecule has 0 heterocycles. The van der Waals surface area contributed by atoms with Crippen molar-refractivity contribution in [2.45, 2.75) is 124 Å². The van der Waals surface area contributed by atoms with Crippen LogP contribution in [0.1, 0.15) is 111 Å². The summed E-state index contributed by atoms with van der Waals surface area (Å²) < 4.78 is 6.02. The molecule has 4 aliphatic rings. The summed E-state index contributed by atoms with van der Waals surface area (Å²) in [5.74, 6) is 3.89. The van der Waals surface area contributed by atoms with Gasteiger partial charge in [0.2, 0.25) is 0 Å². The van der Waals surface area contributed by atoms with E-state index >= 15 is 0 Å². The first kappa shape index (κ1) is 34.5. The zero-order chi connectivity index (χ0) is 32.1. The monoisotopic (exact) mass is 605 g/mol. The van der Waals surface area contributed by atoms with Gasteiger partial charge in [0, 0.05) is 12.5 Å². The van der Waals surface area contributed by atoms with Crippen LogP contribution < -0.4 is 5.73 Å². The normalized spacial score (nSPS) is 33.8. The number of rotatable bonds is 10. The number of hydrogen-bond acceptors (Lipinski definition) is 4. The van der Waals surface area contributed by atoms with Crippen LogP contribution in [-0.4, -0.2) is 29.2 Å². The first-order valence-electron chi connectivity index (χ1n) is 17.4. The van der Waals surface area contributed by atoms with E-state index in [1.807, 2.05) is 30.3 Å². The first-order valence-corrected chi connectivity index (χ1v) is 17.4. The van der Waals surface area contributed by atoms with Crippen molar-refractivity contribution in [1.29, 1.82) is 0 Å². The van der Waals surface area contributed by atoms with Crippen LogP contribution >= 0.6 is 0 Å². The van der Waals surface area contributed by atoms with Gasteiger partial charge in [-0.15, -0.1) is 0 Å². The predicted octanol–water partition coefficient (Wildman–Crippen LogP) is 8.77. The number of allylic oxidation sites excluding steroid dienone is 1. The van der Waals surface area contributed by atoms with Crippen molar-refractivity contribution in [3.8, 4) is 0 Å². The Hall–Kier alpha value is -2.40. The van der Waals surface area contributed by atoms with Gasteiger partial charge in [0.15, 0.2) is 0 Å². The number of carboxylic acids is 1. The second kappa shape index (κ2) is 14.8. The lowest BCUT2D eigenvalue weighted by Gasteiger charge is -2.58. The third-order valence-electron chi connectivity index (χ3n) is 12.3. The van der Waals surface area contributed by atoms with Crippen LogP contribution in [0.25, 0.3) is 0 Å². The molecule has 1 aromatic carbocycles. The SMILES string of the molecule is C=CC(=O)O.CC(C)CCC[C@@H](C)[C@H]1CC[C@H]2[C@@H]3CC=C4C[C@@H](OC(=O)[C@@H](N)Cc5ccccc5)CC[C@]4(C)[C@H]3CC[C@]12C. The number of aliphatic carboxylic acids is 1. The molecule has 244 valence electrons. The molecule has 3 N–H and O–H groups in total. The summed E-state index contributed by atoms with van der Waals surface area (Å²) in [4.78, 5) is 22.1. The molecule has 0 saturated heterocycles. The molecule has 0 amide bonds. The smallest absolute Gasteiger partial charge is 0.327 e. The molecule has 9 atom stereocenters. The van der Waals surface area contributed by atoms with Gasteiger partial charge in [-0.3, -0.25) is 4.79 Å². The molecule has 4 aliphatic carbocycles. The number of carbonyl (C=O) groups is 2. The van der Waals surface area contributed by atoms with E-state index in [0.29, 0.717) is 11.8 Å². The van der Waals surface area contributed by atoms with Gasteiger partial charge in [0.25, 0.3) is 0 Å². The van der Waals surface area contributed by atoms with E-state index in [9.17, 15) is 9.59 Å². The average molecular weight is 606 g/mol.